The van der Waals surface area contributed by atoms with Gasteiger partial charge in [0.05, 0.1) is 0 Å². The predicted octanol–water partition coefficient (Wildman–Crippen LogP) is -2.01. The summed E-state index contributed by atoms with van der Waals surface area (Å²) in [7, 11) is 0. The zero-order valence-corrected chi connectivity index (χ0v) is 4.89. The summed E-state index contributed by atoms with van der Waals surface area (Å²) in [5.41, 5.74) is 16.3. The van der Waals surface area contributed by atoms with Gasteiger partial charge in [-0.3, -0.25) is 0 Å². The largest absolute Gasteiger partial charge is 0.384 e. The number of aliphatic imine (C=N–C) groups is 1. The van der Waals surface area contributed by atoms with Crippen LogP contribution >= 0.6 is 0 Å². The van der Waals surface area contributed by atoms with E-state index in [1.807, 2.05) is 0 Å². The molecule has 1 aliphatic rings. The van der Waals surface area contributed by atoms with Gasteiger partial charge in [0.2, 0.25) is 0 Å². The van der Waals surface area contributed by atoms with Crippen molar-refractivity contribution in [3.05, 3.63) is 11.5 Å². The molecule has 0 aromatic heterocycles. The molecule has 0 aliphatic carbocycles. The van der Waals surface area contributed by atoms with Gasteiger partial charge in [0, 0.05) is 0 Å². The minimum absolute atomic E-state index is 0.189. The van der Waals surface area contributed by atoms with E-state index in [1.54, 1.807) is 0 Å². The molecule has 1 heterocycles. The van der Waals surface area contributed by atoms with Gasteiger partial charge >= 0.3 is 0 Å². The first-order valence-corrected chi connectivity index (χ1v) is 2.51. The predicted molar refractivity (Wildman–Crippen MR) is 35.0 cm³/mol. The minimum Gasteiger partial charge on any atom is -0.384 e. The number of nitrogens with zero attached hydrogens (tertiary/aromatic N) is 1. The highest BCUT2D eigenvalue weighted by Crippen LogP contribution is 1.95. The van der Waals surface area contributed by atoms with Crippen LogP contribution in [0.1, 0.15) is 0 Å². The van der Waals surface area contributed by atoms with E-state index < -0.39 is 0 Å². The Bertz CT molecular complexity index is 169. The van der Waals surface area contributed by atoms with Crippen LogP contribution in [0.4, 0.5) is 0 Å². The SMILES string of the molecule is NC1=NCNC1=C(N)N. The number of hydrogen-bond acceptors (Lipinski definition) is 5. The molecule has 0 atom stereocenters. The maximum Gasteiger partial charge on any atom is 0.147 e. The van der Waals surface area contributed by atoms with Crippen LogP contribution < -0.4 is 22.5 Å². The highest BCUT2D eigenvalue weighted by atomic mass is 15.1. The summed E-state index contributed by atoms with van der Waals surface area (Å²) in [5.74, 6) is 0.573. The minimum atomic E-state index is 0.189. The van der Waals surface area contributed by atoms with Crippen molar-refractivity contribution in [2.45, 2.75) is 0 Å². The molecule has 0 aromatic rings. The van der Waals surface area contributed by atoms with E-state index in [9.17, 15) is 0 Å². The van der Waals surface area contributed by atoms with E-state index in [4.69, 9.17) is 17.2 Å². The average molecular weight is 127 g/mol. The molecule has 1 rings (SSSR count). The maximum atomic E-state index is 5.35. The third-order valence-corrected chi connectivity index (χ3v) is 1.05. The van der Waals surface area contributed by atoms with Crippen LogP contribution in [0.25, 0.3) is 0 Å². The Balaban J connectivity index is 2.87. The van der Waals surface area contributed by atoms with Crippen molar-refractivity contribution >= 4 is 5.84 Å². The molecule has 0 bridgehead atoms. The van der Waals surface area contributed by atoms with Gasteiger partial charge < -0.3 is 22.5 Å². The van der Waals surface area contributed by atoms with Gasteiger partial charge in [0.1, 0.15) is 24.0 Å². The standard InChI is InChI=1S/C4H9N5/c5-3(6)2-4(7)9-1-8-2/h8H,1,5-6H2,(H2,7,9). The van der Waals surface area contributed by atoms with E-state index in [0.717, 1.165) is 0 Å². The Morgan fingerprint density at radius 1 is 1.56 bits per heavy atom. The van der Waals surface area contributed by atoms with E-state index in [2.05, 4.69) is 10.3 Å². The fourth-order valence-electron chi connectivity index (χ4n) is 0.623. The first-order chi connectivity index (χ1) is 4.22. The molecule has 1 aliphatic heterocycles. The van der Waals surface area contributed by atoms with Gasteiger partial charge in [0.15, 0.2) is 0 Å². The lowest BCUT2D eigenvalue weighted by molar-refractivity contribution is 0.891. The Hall–Kier alpha value is -1.39. The molecule has 5 heteroatoms. The Labute approximate surface area is 52.6 Å². The van der Waals surface area contributed by atoms with Crippen LogP contribution in [0, 0.1) is 0 Å². The molecule has 0 aromatic carbocycles. The van der Waals surface area contributed by atoms with Crippen molar-refractivity contribution in [3.8, 4) is 0 Å². The third kappa shape index (κ3) is 0.883. The number of rotatable bonds is 0. The zero-order valence-electron chi connectivity index (χ0n) is 4.89. The molecular formula is C4H9N5. The highest BCUT2D eigenvalue weighted by Gasteiger charge is 2.09. The summed E-state index contributed by atoms with van der Waals surface area (Å²) in [6.45, 7) is 0.471. The van der Waals surface area contributed by atoms with Crippen molar-refractivity contribution in [3.63, 3.8) is 0 Å². The van der Waals surface area contributed by atoms with Crippen LogP contribution in [0.3, 0.4) is 0 Å². The second kappa shape index (κ2) is 1.85. The van der Waals surface area contributed by atoms with Gasteiger partial charge in [0.25, 0.3) is 0 Å². The second-order valence-electron chi connectivity index (χ2n) is 1.71. The average Bonchev–Trinajstić information content (AvgIpc) is 2.13. The number of nitrogens with two attached hydrogens (primary N) is 3. The van der Waals surface area contributed by atoms with Crippen LogP contribution in [-0.2, 0) is 0 Å². The van der Waals surface area contributed by atoms with Crippen LogP contribution in [-0.4, -0.2) is 12.5 Å². The molecule has 0 fully saturated rings. The summed E-state index contributed by atoms with van der Waals surface area (Å²) >= 11 is 0. The molecule has 7 N–H and O–H groups in total. The molecule has 0 radical (unpaired) electrons. The van der Waals surface area contributed by atoms with Crippen LogP contribution in [0.15, 0.2) is 16.5 Å². The Morgan fingerprint density at radius 3 is 2.44 bits per heavy atom. The summed E-state index contributed by atoms with van der Waals surface area (Å²) < 4.78 is 0. The van der Waals surface area contributed by atoms with E-state index in [-0.39, 0.29) is 5.82 Å². The molecule has 0 spiro atoms. The molecule has 5 nitrogen and oxygen atoms in total. The maximum absolute atomic E-state index is 5.35. The summed E-state index contributed by atoms with van der Waals surface area (Å²) in [5, 5.41) is 2.81. The van der Waals surface area contributed by atoms with Crippen molar-refractivity contribution in [1.82, 2.24) is 5.32 Å². The summed E-state index contributed by atoms with van der Waals surface area (Å²) in [4.78, 5) is 3.80. The van der Waals surface area contributed by atoms with E-state index >= 15 is 0 Å². The highest BCUT2D eigenvalue weighted by molar-refractivity contribution is 5.98. The molecule has 50 valence electrons. The molecular weight excluding hydrogens is 118 g/mol. The number of nitrogens with one attached hydrogen (secondary N) is 1. The fourth-order valence-corrected chi connectivity index (χ4v) is 0.623. The number of hydrogen-bond donors (Lipinski definition) is 4. The van der Waals surface area contributed by atoms with E-state index in [0.29, 0.717) is 18.2 Å². The molecule has 0 amide bonds. The van der Waals surface area contributed by atoms with Crippen LogP contribution in [0.5, 0.6) is 0 Å². The topological polar surface area (TPSA) is 102 Å². The lowest BCUT2D eigenvalue weighted by atomic mass is 10.4. The lowest BCUT2D eigenvalue weighted by Gasteiger charge is -1.99. The monoisotopic (exact) mass is 127 g/mol. The van der Waals surface area contributed by atoms with Crippen molar-refractivity contribution in [1.29, 1.82) is 0 Å². The molecule has 0 unspecified atom stereocenters. The Morgan fingerprint density at radius 2 is 2.22 bits per heavy atom. The van der Waals surface area contributed by atoms with Gasteiger partial charge in [-0.05, 0) is 0 Å². The van der Waals surface area contributed by atoms with Crippen molar-refractivity contribution in [2.75, 3.05) is 6.67 Å². The van der Waals surface area contributed by atoms with Crippen molar-refractivity contribution in [2.24, 2.45) is 22.2 Å². The van der Waals surface area contributed by atoms with Gasteiger partial charge in [-0.1, -0.05) is 0 Å². The molecule has 0 saturated heterocycles. The second-order valence-corrected chi connectivity index (χ2v) is 1.71. The normalized spacial score (nSPS) is 16.9. The summed E-state index contributed by atoms with van der Waals surface area (Å²) in [6.07, 6.45) is 0. The third-order valence-electron chi connectivity index (χ3n) is 1.05. The number of amidine groups is 1. The van der Waals surface area contributed by atoms with Gasteiger partial charge in [-0.25, -0.2) is 4.99 Å². The fraction of sp³-hybridized carbons (Fsp3) is 0.250. The van der Waals surface area contributed by atoms with Gasteiger partial charge in [-0.2, -0.15) is 0 Å². The van der Waals surface area contributed by atoms with Crippen molar-refractivity contribution < 1.29 is 0 Å². The van der Waals surface area contributed by atoms with Gasteiger partial charge in [-0.15, -0.1) is 0 Å². The zero-order chi connectivity index (χ0) is 6.85. The summed E-state index contributed by atoms with van der Waals surface area (Å²) in [6, 6.07) is 0. The molecule has 0 saturated carbocycles. The first-order valence-electron chi connectivity index (χ1n) is 2.51. The van der Waals surface area contributed by atoms with Crippen LogP contribution in [0.2, 0.25) is 0 Å². The smallest absolute Gasteiger partial charge is 0.147 e. The first kappa shape index (κ1) is 5.74. The molecule has 9 heavy (non-hydrogen) atoms. The van der Waals surface area contributed by atoms with E-state index in [1.165, 1.54) is 0 Å². The quantitative estimate of drug-likeness (QED) is 0.302. The Kier molecular flexibility index (Phi) is 1.18. The lowest BCUT2D eigenvalue weighted by Crippen LogP contribution is -2.26.